The fourth-order valence-corrected chi connectivity index (χ4v) is 2.27. The van der Waals surface area contributed by atoms with Crippen molar-refractivity contribution in [1.29, 1.82) is 0 Å². The van der Waals surface area contributed by atoms with Gasteiger partial charge in [-0.05, 0) is 12.1 Å². The zero-order valence-corrected chi connectivity index (χ0v) is 11.8. The largest absolute Gasteiger partial charge is 0.476 e. The summed E-state index contributed by atoms with van der Waals surface area (Å²) in [6.07, 6.45) is 0.483. The zero-order chi connectivity index (χ0) is 15.1. The molecule has 21 heavy (non-hydrogen) atoms. The predicted octanol–water partition coefficient (Wildman–Crippen LogP) is 1.55. The van der Waals surface area contributed by atoms with Gasteiger partial charge in [0.25, 0.3) is 5.91 Å². The van der Waals surface area contributed by atoms with Gasteiger partial charge < -0.3 is 10.4 Å². The average Bonchev–Trinajstić information content (AvgIpc) is 2.95. The van der Waals surface area contributed by atoms with Gasteiger partial charge in [0.1, 0.15) is 0 Å². The SMILES string of the molecule is O=C(C#Cc1ccccc1)NCCc1nc(C(=O)O)cs1. The molecule has 0 spiro atoms. The lowest BCUT2D eigenvalue weighted by atomic mass is 10.2. The summed E-state index contributed by atoms with van der Waals surface area (Å²) in [7, 11) is 0. The summed E-state index contributed by atoms with van der Waals surface area (Å²) in [5, 5.41) is 13.5. The van der Waals surface area contributed by atoms with E-state index in [1.54, 1.807) is 0 Å². The molecule has 1 heterocycles. The number of carbonyl (C=O) groups excluding carboxylic acids is 1. The van der Waals surface area contributed by atoms with Crippen LogP contribution in [0, 0.1) is 11.8 Å². The molecule has 0 unspecified atom stereocenters. The van der Waals surface area contributed by atoms with Crippen molar-refractivity contribution in [2.24, 2.45) is 0 Å². The highest BCUT2D eigenvalue weighted by atomic mass is 32.1. The number of nitrogens with zero attached hydrogens (tertiary/aromatic N) is 1. The summed E-state index contributed by atoms with van der Waals surface area (Å²) >= 11 is 1.26. The maximum Gasteiger partial charge on any atom is 0.355 e. The number of aromatic carboxylic acids is 1. The van der Waals surface area contributed by atoms with Crippen LogP contribution in [0.4, 0.5) is 0 Å². The molecule has 1 aromatic carbocycles. The van der Waals surface area contributed by atoms with Crippen LogP contribution in [0.1, 0.15) is 21.1 Å². The van der Waals surface area contributed by atoms with Crippen molar-refractivity contribution in [2.75, 3.05) is 6.54 Å². The van der Waals surface area contributed by atoms with Gasteiger partial charge >= 0.3 is 5.97 Å². The number of hydrogen-bond acceptors (Lipinski definition) is 4. The molecule has 0 fully saturated rings. The third-order valence-electron chi connectivity index (χ3n) is 2.49. The van der Waals surface area contributed by atoms with Crippen molar-refractivity contribution in [3.8, 4) is 11.8 Å². The van der Waals surface area contributed by atoms with Crippen LogP contribution in [0.2, 0.25) is 0 Å². The molecule has 0 saturated carbocycles. The van der Waals surface area contributed by atoms with Gasteiger partial charge in [-0.3, -0.25) is 4.79 Å². The fourth-order valence-electron chi connectivity index (χ4n) is 1.50. The van der Waals surface area contributed by atoms with Crippen molar-refractivity contribution in [3.63, 3.8) is 0 Å². The minimum absolute atomic E-state index is 0.0326. The highest BCUT2D eigenvalue weighted by Crippen LogP contribution is 2.09. The van der Waals surface area contributed by atoms with E-state index < -0.39 is 5.97 Å². The van der Waals surface area contributed by atoms with Crippen LogP contribution < -0.4 is 5.32 Å². The lowest BCUT2D eigenvalue weighted by Gasteiger charge is -1.97. The number of aromatic nitrogens is 1. The Labute approximate surface area is 125 Å². The summed E-state index contributed by atoms with van der Waals surface area (Å²) in [4.78, 5) is 26.1. The first-order chi connectivity index (χ1) is 10.1. The summed E-state index contributed by atoms with van der Waals surface area (Å²) in [5.41, 5.74) is 0.809. The van der Waals surface area contributed by atoms with Gasteiger partial charge in [-0.15, -0.1) is 11.3 Å². The smallest absolute Gasteiger partial charge is 0.355 e. The Balaban J connectivity index is 1.79. The second kappa shape index (κ2) is 7.22. The molecule has 106 valence electrons. The molecular weight excluding hydrogens is 288 g/mol. The third kappa shape index (κ3) is 4.75. The first-order valence-electron chi connectivity index (χ1n) is 6.18. The van der Waals surface area contributed by atoms with E-state index in [1.807, 2.05) is 30.3 Å². The summed E-state index contributed by atoms with van der Waals surface area (Å²) in [6, 6.07) is 9.23. The van der Waals surface area contributed by atoms with E-state index in [0.29, 0.717) is 18.0 Å². The zero-order valence-electron chi connectivity index (χ0n) is 11.0. The molecule has 0 atom stereocenters. The van der Waals surface area contributed by atoms with E-state index in [-0.39, 0.29) is 11.6 Å². The van der Waals surface area contributed by atoms with E-state index in [1.165, 1.54) is 16.7 Å². The van der Waals surface area contributed by atoms with E-state index in [0.717, 1.165) is 5.56 Å². The summed E-state index contributed by atoms with van der Waals surface area (Å²) in [6.45, 7) is 0.370. The molecule has 0 aliphatic carbocycles. The van der Waals surface area contributed by atoms with Crippen molar-refractivity contribution < 1.29 is 14.7 Å². The molecule has 1 aromatic heterocycles. The number of nitrogens with one attached hydrogen (secondary N) is 1. The van der Waals surface area contributed by atoms with E-state index in [9.17, 15) is 9.59 Å². The minimum atomic E-state index is -1.05. The van der Waals surface area contributed by atoms with Gasteiger partial charge in [-0.25, -0.2) is 9.78 Å². The molecule has 0 bridgehead atoms. The Morgan fingerprint density at radius 1 is 1.29 bits per heavy atom. The van der Waals surface area contributed by atoms with Gasteiger partial charge in [0.05, 0.1) is 5.01 Å². The predicted molar refractivity (Wildman–Crippen MR) is 79.1 cm³/mol. The summed E-state index contributed by atoms with van der Waals surface area (Å²) in [5.74, 6) is 3.84. The molecule has 5 nitrogen and oxygen atoms in total. The van der Waals surface area contributed by atoms with Gasteiger partial charge in [-0.2, -0.15) is 0 Å². The van der Waals surface area contributed by atoms with E-state index in [2.05, 4.69) is 22.1 Å². The van der Waals surface area contributed by atoms with Crippen LogP contribution in [-0.2, 0) is 11.2 Å². The van der Waals surface area contributed by atoms with Gasteiger partial charge in [0, 0.05) is 29.8 Å². The number of thiazole rings is 1. The number of carbonyl (C=O) groups is 2. The number of carboxylic acids is 1. The van der Waals surface area contributed by atoms with Crippen LogP contribution in [-0.4, -0.2) is 28.5 Å². The Hall–Kier alpha value is -2.65. The molecule has 0 saturated heterocycles. The lowest BCUT2D eigenvalue weighted by Crippen LogP contribution is -2.24. The highest BCUT2D eigenvalue weighted by molar-refractivity contribution is 7.09. The Bertz CT molecular complexity index is 698. The first-order valence-corrected chi connectivity index (χ1v) is 7.06. The second-order valence-electron chi connectivity index (χ2n) is 4.05. The number of hydrogen-bond donors (Lipinski definition) is 2. The number of rotatable bonds is 4. The summed E-state index contributed by atoms with van der Waals surface area (Å²) < 4.78 is 0. The maximum atomic E-state index is 11.5. The molecule has 0 aliphatic rings. The van der Waals surface area contributed by atoms with Crippen molar-refractivity contribution >= 4 is 23.2 Å². The molecular formula is C15H12N2O3S. The highest BCUT2D eigenvalue weighted by Gasteiger charge is 2.08. The molecule has 2 aromatic rings. The topological polar surface area (TPSA) is 79.3 Å². The molecule has 2 rings (SSSR count). The van der Waals surface area contributed by atoms with Gasteiger partial charge in [0.2, 0.25) is 0 Å². The number of benzene rings is 1. The van der Waals surface area contributed by atoms with Crippen molar-refractivity contribution in [2.45, 2.75) is 6.42 Å². The van der Waals surface area contributed by atoms with E-state index >= 15 is 0 Å². The molecule has 0 aliphatic heterocycles. The molecule has 1 amide bonds. The lowest BCUT2D eigenvalue weighted by molar-refractivity contribution is -0.115. The van der Waals surface area contributed by atoms with Crippen LogP contribution in [0.3, 0.4) is 0 Å². The standard InChI is InChI=1S/C15H12N2O3S/c18-13(7-6-11-4-2-1-3-5-11)16-9-8-14-17-12(10-21-14)15(19)20/h1-5,10H,8-9H2,(H,16,18)(H,19,20). The van der Waals surface area contributed by atoms with Gasteiger partial charge in [-0.1, -0.05) is 24.1 Å². The van der Waals surface area contributed by atoms with Crippen LogP contribution >= 0.6 is 11.3 Å². The fraction of sp³-hybridized carbons (Fsp3) is 0.133. The Morgan fingerprint density at radius 2 is 2.05 bits per heavy atom. The Kier molecular flexibility index (Phi) is 5.07. The quantitative estimate of drug-likeness (QED) is 0.840. The van der Waals surface area contributed by atoms with Crippen molar-refractivity contribution in [3.05, 3.63) is 52.0 Å². The average molecular weight is 300 g/mol. The first kappa shape index (κ1) is 14.8. The second-order valence-corrected chi connectivity index (χ2v) is 5.00. The maximum absolute atomic E-state index is 11.5. The minimum Gasteiger partial charge on any atom is -0.476 e. The van der Waals surface area contributed by atoms with E-state index in [4.69, 9.17) is 5.11 Å². The van der Waals surface area contributed by atoms with Crippen molar-refractivity contribution in [1.82, 2.24) is 10.3 Å². The van der Waals surface area contributed by atoms with Gasteiger partial charge in [0.15, 0.2) is 5.69 Å². The molecule has 2 N–H and O–H groups in total. The van der Waals surface area contributed by atoms with Crippen LogP contribution in [0.15, 0.2) is 35.7 Å². The third-order valence-corrected chi connectivity index (χ3v) is 3.40. The monoisotopic (exact) mass is 300 g/mol. The number of amides is 1. The molecule has 0 radical (unpaired) electrons. The normalized spacial score (nSPS) is 9.52. The number of carboxylic acid groups (broad SMARTS) is 1. The van der Waals surface area contributed by atoms with Crippen LogP contribution in [0.25, 0.3) is 0 Å². The molecule has 6 heteroatoms. The Morgan fingerprint density at radius 3 is 2.71 bits per heavy atom. The van der Waals surface area contributed by atoms with Crippen LogP contribution in [0.5, 0.6) is 0 Å².